The van der Waals surface area contributed by atoms with E-state index >= 15 is 0 Å². The fourth-order valence-corrected chi connectivity index (χ4v) is 4.13. The highest BCUT2D eigenvalue weighted by Gasteiger charge is 2.16. The van der Waals surface area contributed by atoms with Crippen LogP contribution in [0.3, 0.4) is 0 Å². The third kappa shape index (κ3) is 2.51. The third-order valence-corrected chi connectivity index (χ3v) is 5.51. The Morgan fingerprint density at radius 2 is 2.19 bits per heavy atom. The Morgan fingerprint density at radius 3 is 2.62 bits per heavy atom. The van der Waals surface area contributed by atoms with Gasteiger partial charge in [0.25, 0.3) is 0 Å². The van der Waals surface area contributed by atoms with Crippen LogP contribution in [0, 0.1) is 6.92 Å². The molecule has 0 aliphatic heterocycles. The van der Waals surface area contributed by atoms with Gasteiger partial charge in [0.2, 0.25) is 0 Å². The van der Waals surface area contributed by atoms with Crippen molar-refractivity contribution in [3.05, 3.63) is 41.6 Å². The van der Waals surface area contributed by atoms with Crippen LogP contribution in [0.15, 0.2) is 21.3 Å². The van der Waals surface area contributed by atoms with E-state index in [0.717, 1.165) is 13.7 Å². The van der Waals surface area contributed by atoms with Crippen LogP contribution < -0.4 is 5.32 Å². The topological polar surface area (TPSA) is 12.0 Å². The van der Waals surface area contributed by atoms with E-state index in [1.54, 1.807) is 22.7 Å². The molecule has 0 fully saturated rings. The molecule has 86 valence electrons. The second kappa shape index (κ2) is 5.19. The van der Waals surface area contributed by atoms with Crippen molar-refractivity contribution in [1.82, 2.24) is 5.32 Å². The standard InChI is InChI=1S/C11H11BrClNS2/c1-6-3-8(16-11(6)13)10(14-2)7-4-9(12)15-5-7/h3-5,10,14H,1-2H3. The second-order valence-electron chi connectivity index (χ2n) is 3.51. The van der Waals surface area contributed by atoms with E-state index < -0.39 is 0 Å². The molecule has 1 atom stereocenters. The summed E-state index contributed by atoms with van der Waals surface area (Å²) in [5.41, 5.74) is 2.42. The molecule has 0 aliphatic rings. The zero-order valence-electron chi connectivity index (χ0n) is 8.88. The highest BCUT2D eigenvalue weighted by atomic mass is 79.9. The van der Waals surface area contributed by atoms with Crippen molar-refractivity contribution in [2.24, 2.45) is 0 Å². The summed E-state index contributed by atoms with van der Waals surface area (Å²) in [6.45, 7) is 2.04. The lowest BCUT2D eigenvalue weighted by Gasteiger charge is -2.12. The maximum atomic E-state index is 6.11. The Hall–Kier alpha value is 0.130. The summed E-state index contributed by atoms with van der Waals surface area (Å²) in [7, 11) is 1.97. The molecule has 0 saturated heterocycles. The van der Waals surface area contributed by atoms with Crippen LogP contribution in [-0.4, -0.2) is 7.05 Å². The van der Waals surface area contributed by atoms with E-state index in [1.165, 1.54) is 10.4 Å². The summed E-state index contributed by atoms with van der Waals surface area (Å²) in [4.78, 5) is 1.26. The maximum absolute atomic E-state index is 6.11. The zero-order valence-corrected chi connectivity index (χ0v) is 12.9. The molecule has 5 heteroatoms. The summed E-state index contributed by atoms with van der Waals surface area (Å²) in [5.74, 6) is 0. The molecule has 16 heavy (non-hydrogen) atoms. The average Bonchev–Trinajstić information content (AvgIpc) is 2.77. The summed E-state index contributed by atoms with van der Waals surface area (Å²) in [5, 5.41) is 5.49. The molecule has 0 aliphatic carbocycles. The number of hydrogen-bond acceptors (Lipinski definition) is 3. The van der Waals surface area contributed by atoms with Gasteiger partial charge in [0.05, 0.1) is 14.2 Å². The van der Waals surface area contributed by atoms with Gasteiger partial charge in [-0.05, 0) is 58.5 Å². The Kier molecular flexibility index (Phi) is 4.08. The number of halogens is 2. The molecule has 0 radical (unpaired) electrons. The Morgan fingerprint density at radius 1 is 1.44 bits per heavy atom. The number of hydrogen-bond donors (Lipinski definition) is 1. The molecular weight excluding hydrogens is 326 g/mol. The number of rotatable bonds is 3. The first-order valence-electron chi connectivity index (χ1n) is 4.79. The molecule has 1 N–H and O–H groups in total. The van der Waals surface area contributed by atoms with Crippen molar-refractivity contribution >= 4 is 50.2 Å². The van der Waals surface area contributed by atoms with Gasteiger partial charge in [0, 0.05) is 4.88 Å². The smallest absolute Gasteiger partial charge is 0.0961 e. The van der Waals surface area contributed by atoms with Crippen molar-refractivity contribution in [1.29, 1.82) is 0 Å². The van der Waals surface area contributed by atoms with Gasteiger partial charge in [-0.3, -0.25) is 0 Å². The first-order chi connectivity index (χ1) is 7.61. The van der Waals surface area contributed by atoms with Gasteiger partial charge >= 0.3 is 0 Å². The van der Waals surface area contributed by atoms with Gasteiger partial charge in [-0.15, -0.1) is 22.7 Å². The molecule has 2 heterocycles. The highest BCUT2D eigenvalue weighted by molar-refractivity contribution is 9.11. The minimum absolute atomic E-state index is 0.235. The molecule has 1 unspecified atom stereocenters. The van der Waals surface area contributed by atoms with Gasteiger partial charge in [0.1, 0.15) is 0 Å². The molecule has 0 bridgehead atoms. The Labute approximate surface area is 117 Å². The quantitative estimate of drug-likeness (QED) is 0.845. The van der Waals surface area contributed by atoms with E-state index in [1.807, 2.05) is 14.0 Å². The van der Waals surface area contributed by atoms with Crippen molar-refractivity contribution in [3.8, 4) is 0 Å². The van der Waals surface area contributed by atoms with Crippen LogP contribution in [0.25, 0.3) is 0 Å². The fraction of sp³-hybridized carbons (Fsp3) is 0.273. The molecule has 0 aromatic carbocycles. The lowest BCUT2D eigenvalue weighted by Crippen LogP contribution is -2.15. The highest BCUT2D eigenvalue weighted by Crippen LogP contribution is 2.36. The van der Waals surface area contributed by atoms with Crippen molar-refractivity contribution < 1.29 is 0 Å². The van der Waals surface area contributed by atoms with Gasteiger partial charge in [-0.25, -0.2) is 0 Å². The molecule has 2 rings (SSSR count). The fourth-order valence-electron chi connectivity index (χ4n) is 1.57. The largest absolute Gasteiger partial charge is 0.309 e. The predicted molar refractivity (Wildman–Crippen MR) is 77.0 cm³/mol. The van der Waals surface area contributed by atoms with Crippen LogP contribution >= 0.6 is 50.2 Å². The SMILES string of the molecule is CNC(c1csc(Br)c1)c1cc(C)c(Cl)s1. The van der Waals surface area contributed by atoms with E-state index in [-0.39, 0.29) is 6.04 Å². The van der Waals surface area contributed by atoms with E-state index in [4.69, 9.17) is 11.6 Å². The van der Waals surface area contributed by atoms with Crippen LogP contribution in [0.1, 0.15) is 22.0 Å². The van der Waals surface area contributed by atoms with Crippen LogP contribution in [-0.2, 0) is 0 Å². The van der Waals surface area contributed by atoms with Crippen LogP contribution in [0.2, 0.25) is 4.34 Å². The first kappa shape index (κ1) is 12.6. The van der Waals surface area contributed by atoms with E-state index in [9.17, 15) is 0 Å². The van der Waals surface area contributed by atoms with Crippen LogP contribution in [0.5, 0.6) is 0 Å². The summed E-state index contributed by atoms with van der Waals surface area (Å²) >= 11 is 12.9. The Balaban J connectivity index is 2.36. The van der Waals surface area contributed by atoms with Gasteiger partial charge in [-0.2, -0.15) is 0 Å². The summed E-state index contributed by atoms with van der Waals surface area (Å²) in [6, 6.07) is 4.54. The third-order valence-electron chi connectivity index (χ3n) is 2.37. The monoisotopic (exact) mass is 335 g/mol. The van der Waals surface area contributed by atoms with Gasteiger partial charge in [0.15, 0.2) is 0 Å². The first-order valence-corrected chi connectivity index (χ1v) is 7.65. The summed E-state index contributed by atoms with van der Waals surface area (Å²) < 4.78 is 2.03. The maximum Gasteiger partial charge on any atom is 0.0961 e. The predicted octanol–water partition coefficient (Wildman–Crippen LogP) is 4.84. The minimum atomic E-state index is 0.235. The van der Waals surface area contributed by atoms with Crippen molar-refractivity contribution in [2.45, 2.75) is 13.0 Å². The van der Waals surface area contributed by atoms with Crippen LogP contribution in [0.4, 0.5) is 0 Å². The average molecular weight is 337 g/mol. The molecule has 0 amide bonds. The number of nitrogens with one attached hydrogen (secondary N) is 1. The normalized spacial score (nSPS) is 13.0. The molecule has 2 aromatic rings. The lowest BCUT2D eigenvalue weighted by molar-refractivity contribution is 0.706. The Bertz CT molecular complexity index is 472. The van der Waals surface area contributed by atoms with Gasteiger partial charge < -0.3 is 5.32 Å². The van der Waals surface area contributed by atoms with Crippen molar-refractivity contribution in [3.63, 3.8) is 0 Å². The zero-order chi connectivity index (χ0) is 11.7. The number of aryl methyl sites for hydroxylation is 1. The van der Waals surface area contributed by atoms with Gasteiger partial charge in [-0.1, -0.05) is 11.6 Å². The minimum Gasteiger partial charge on any atom is -0.309 e. The molecular formula is C11H11BrClNS2. The van der Waals surface area contributed by atoms with E-state index in [2.05, 4.69) is 38.8 Å². The summed E-state index contributed by atoms with van der Waals surface area (Å²) in [6.07, 6.45) is 0. The molecule has 0 saturated carbocycles. The lowest BCUT2D eigenvalue weighted by atomic mass is 10.1. The van der Waals surface area contributed by atoms with E-state index in [0.29, 0.717) is 0 Å². The molecule has 2 aromatic heterocycles. The number of thiophene rings is 2. The van der Waals surface area contributed by atoms with Crippen molar-refractivity contribution in [2.75, 3.05) is 7.05 Å². The molecule has 1 nitrogen and oxygen atoms in total. The second-order valence-corrected chi connectivity index (χ2v) is 7.49. The molecule has 0 spiro atoms.